The molecule has 2 rings (SSSR count). The Morgan fingerprint density at radius 3 is 2.58 bits per heavy atom. The first-order valence-corrected chi connectivity index (χ1v) is 3.56. The molecule has 0 aromatic carbocycles. The first-order chi connectivity index (χ1) is 5.97. The maximum atomic E-state index is 5.18. The molecule has 0 bridgehead atoms. The Kier molecular flexibility index (Phi) is 1.78. The minimum Gasteiger partial charge on any atom is -0.461 e. The minimum atomic E-state index is 0.623. The van der Waals surface area contributed by atoms with Crippen LogP contribution < -0.4 is 0 Å². The van der Waals surface area contributed by atoms with Crippen LogP contribution >= 0.6 is 0 Å². The van der Waals surface area contributed by atoms with Gasteiger partial charge in [-0.1, -0.05) is 6.08 Å². The van der Waals surface area contributed by atoms with Crippen molar-refractivity contribution in [1.29, 1.82) is 0 Å². The van der Waals surface area contributed by atoms with Crippen LogP contribution in [-0.4, -0.2) is 6.21 Å². The van der Waals surface area contributed by atoms with Crippen LogP contribution in [0.2, 0.25) is 0 Å². The SMILES string of the molecule is C1=CO/C(=C2\C=NC=CO2)C=C1. The number of nitrogens with zero attached hydrogens (tertiary/aromatic N) is 1. The molecule has 0 amide bonds. The second-order valence-electron chi connectivity index (χ2n) is 2.22. The van der Waals surface area contributed by atoms with Gasteiger partial charge in [0.2, 0.25) is 0 Å². The van der Waals surface area contributed by atoms with E-state index in [-0.39, 0.29) is 0 Å². The highest BCUT2D eigenvalue weighted by Gasteiger charge is 2.06. The van der Waals surface area contributed by atoms with E-state index in [1.165, 1.54) is 6.26 Å². The van der Waals surface area contributed by atoms with Gasteiger partial charge in [0.25, 0.3) is 0 Å². The van der Waals surface area contributed by atoms with Crippen LogP contribution in [0.5, 0.6) is 0 Å². The van der Waals surface area contributed by atoms with Gasteiger partial charge in [-0.2, -0.15) is 0 Å². The zero-order valence-corrected chi connectivity index (χ0v) is 6.31. The number of hydrogen-bond donors (Lipinski definition) is 0. The molecule has 12 heavy (non-hydrogen) atoms. The highest BCUT2D eigenvalue weighted by Crippen LogP contribution is 2.14. The van der Waals surface area contributed by atoms with Gasteiger partial charge in [0.05, 0.1) is 18.7 Å². The fraction of sp³-hybridized carbons (Fsp3) is 0. The van der Waals surface area contributed by atoms with Crippen LogP contribution in [0, 0.1) is 0 Å². The molecule has 2 aliphatic rings. The lowest BCUT2D eigenvalue weighted by atomic mass is 10.3. The van der Waals surface area contributed by atoms with Gasteiger partial charge in [-0.25, -0.2) is 0 Å². The second-order valence-corrected chi connectivity index (χ2v) is 2.22. The monoisotopic (exact) mass is 161 g/mol. The summed E-state index contributed by atoms with van der Waals surface area (Å²) in [5.41, 5.74) is 0. The Morgan fingerprint density at radius 2 is 1.92 bits per heavy atom. The molecule has 0 saturated carbocycles. The van der Waals surface area contributed by atoms with Gasteiger partial charge in [-0.05, 0) is 12.2 Å². The highest BCUT2D eigenvalue weighted by atomic mass is 16.5. The number of ether oxygens (including phenoxy) is 2. The maximum Gasteiger partial charge on any atom is 0.187 e. The Bertz CT molecular complexity index is 289. The maximum absolute atomic E-state index is 5.18. The normalized spacial score (nSPS) is 25.3. The molecule has 0 fully saturated rings. The highest BCUT2D eigenvalue weighted by molar-refractivity contribution is 5.78. The van der Waals surface area contributed by atoms with Gasteiger partial charge in [-0.3, -0.25) is 4.99 Å². The lowest BCUT2D eigenvalue weighted by molar-refractivity contribution is 0.301. The van der Waals surface area contributed by atoms with E-state index in [1.807, 2.05) is 12.2 Å². The summed E-state index contributed by atoms with van der Waals surface area (Å²) in [7, 11) is 0. The number of hydrogen-bond acceptors (Lipinski definition) is 3. The number of allylic oxidation sites excluding steroid dienone is 4. The molecule has 0 unspecified atom stereocenters. The summed E-state index contributed by atoms with van der Waals surface area (Å²) in [5.74, 6) is 1.30. The molecular weight excluding hydrogens is 154 g/mol. The van der Waals surface area contributed by atoms with E-state index >= 15 is 0 Å². The molecule has 0 aromatic rings. The van der Waals surface area contributed by atoms with E-state index in [4.69, 9.17) is 9.47 Å². The topological polar surface area (TPSA) is 30.8 Å². The molecule has 3 nitrogen and oxygen atoms in total. The summed E-state index contributed by atoms with van der Waals surface area (Å²) < 4.78 is 10.3. The van der Waals surface area contributed by atoms with Crippen LogP contribution in [0.1, 0.15) is 0 Å². The van der Waals surface area contributed by atoms with Crippen LogP contribution in [0.3, 0.4) is 0 Å². The summed E-state index contributed by atoms with van der Waals surface area (Å²) in [5, 5.41) is 0. The molecule has 0 aromatic heterocycles. The van der Waals surface area contributed by atoms with Crippen molar-refractivity contribution in [3.05, 3.63) is 48.5 Å². The number of aliphatic imine (C=N–C) groups is 1. The molecule has 0 saturated heterocycles. The van der Waals surface area contributed by atoms with Gasteiger partial charge in [-0.15, -0.1) is 0 Å². The van der Waals surface area contributed by atoms with Gasteiger partial charge in [0, 0.05) is 0 Å². The lowest BCUT2D eigenvalue weighted by Crippen LogP contribution is -1.99. The third-order valence-corrected chi connectivity index (χ3v) is 1.41. The van der Waals surface area contributed by atoms with E-state index in [1.54, 1.807) is 24.8 Å². The molecule has 0 radical (unpaired) electrons. The van der Waals surface area contributed by atoms with E-state index in [9.17, 15) is 0 Å². The zero-order chi connectivity index (χ0) is 8.23. The van der Waals surface area contributed by atoms with Crippen molar-refractivity contribution in [2.45, 2.75) is 0 Å². The first kappa shape index (κ1) is 6.91. The van der Waals surface area contributed by atoms with Crippen LogP contribution in [0.15, 0.2) is 53.5 Å². The quantitative estimate of drug-likeness (QED) is 0.543. The van der Waals surface area contributed by atoms with Crippen molar-refractivity contribution in [3.8, 4) is 0 Å². The summed E-state index contributed by atoms with van der Waals surface area (Å²) in [4.78, 5) is 3.91. The molecule has 2 aliphatic heterocycles. The Hall–Kier alpha value is -1.77. The van der Waals surface area contributed by atoms with Crippen molar-refractivity contribution >= 4 is 6.21 Å². The first-order valence-electron chi connectivity index (χ1n) is 3.56. The fourth-order valence-corrected chi connectivity index (χ4v) is 0.882. The van der Waals surface area contributed by atoms with E-state index in [0.717, 1.165) is 0 Å². The molecule has 0 spiro atoms. The van der Waals surface area contributed by atoms with Crippen molar-refractivity contribution < 1.29 is 9.47 Å². The van der Waals surface area contributed by atoms with Gasteiger partial charge in [0.1, 0.15) is 6.26 Å². The molecule has 0 atom stereocenters. The van der Waals surface area contributed by atoms with E-state index in [0.29, 0.717) is 11.5 Å². The van der Waals surface area contributed by atoms with Crippen molar-refractivity contribution in [1.82, 2.24) is 0 Å². The smallest absolute Gasteiger partial charge is 0.187 e. The molecular formula is C9H7NO2. The van der Waals surface area contributed by atoms with Crippen molar-refractivity contribution in [3.63, 3.8) is 0 Å². The average Bonchev–Trinajstić information content (AvgIpc) is 2.21. The molecule has 60 valence electrons. The Labute approximate surface area is 70.0 Å². The predicted octanol–water partition coefficient (Wildman–Crippen LogP) is 1.87. The van der Waals surface area contributed by atoms with E-state index < -0.39 is 0 Å². The van der Waals surface area contributed by atoms with Gasteiger partial charge < -0.3 is 9.47 Å². The van der Waals surface area contributed by atoms with Gasteiger partial charge in [0.15, 0.2) is 11.5 Å². The molecule has 0 N–H and O–H groups in total. The second kappa shape index (κ2) is 3.09. The summed E-state index contributed by atoms with van der Waals surface area (Å²) in [6.07, 6.45) is 11.8. The molecule has 3 heteroatoms. The lowest BCUT2D eigenvalue weighted by Gasteiger charge is -2.09. The largest absolute Gasteiger partial charge is 0.461 e. The fourth-order valence-electron chi connectivity index (χ4n) is 0.882. The van der Waals surface area contributed by atoms with Crippen LogP contribution in [0.25, 0.3) is 0 Å². The Morgan fingerprint density at radius 1 is 1.00 bits per heavy atom. The average molecular weight is 161 g/mol. The zero-order valence-electron chi connectivity index (χ0n) is 6.31. The van der Waals surface area contributed by atoms with Crippen LogP contribution in [-0.2, 0) is 9.47 Å². The summed E-state index contributed by atoms with van der Waals surface area (Å²) in [6, 6.07) is 0. The van der Waals surface area contributed by atoms with Gasteiger partial charge >= 0.3 is 0 Å². The predicted molar refractivity (Wildman–Crippen MR) is 45.1 cm³/mol. The third-order valence-electron chi connectivity index (χ3n) is 1.41. The standard InChI is InChI=1S/C9H7NO2/c1-2-5-11-8(3-1)9-7-10-4-6-12-9/h1-7H/b9-8+. The van der Waals surface area contributed by atoms with Crippen molar-refractivity contribution in [2.24, 2.45) is 4.99 Å². The molecule has 2 heterocycles. The minimum absolute atomic E-state index is 0.623. The number of rotatable bonds is 0. The molecule has 0 aliphatic carbocycles. The van der Waals surface area contributed by atoms with Crippen molar-refractivity contribution in [2.75, 3.05) is 0 Å². The summed E-state index contributed by atoms with van der Waals surface area (Å²) in [6.45, 7) is 0. The Balaban J connectivity index is 2.25. The van der Waals surface area contributed by atoms with Crippen LogP contribution in [0.4, 0.5) is 0 Å². The third kappa shape index (κ3) is 1.29. The van der Waals surface area contributed by atoms with E-state index in [2.05, 4.69) is 4.99 Å². The summed E-state index contributed by atoms with van der Waals surface area (Å²) >= 11 is 0.